The van der Waals surface area contributed by atoms with Crippen LogP contribution in [0.5, 0.6) is 5.75 Å². The van der Waals surface area contributed by atoms with Crippen LogP contribution >= 0.6 is 0 Å². The first-order valence-electron chi connectivity index (χ1n) is 5.52. The van der Waals surface area contributed by atoms with Crippen molar-refractivity contribution in [2.45, 2.75) is 12.7 Å². The highest BCUT2D eigenvalue weighted by Gasteiger charge is 2.27. The van der Waals surface area contributed by atoms with Crippen molar-refractivity contribution in [2.24, 2.45) is 0 Å². The summed E-state index contributed by atoms with van der Waals surface area (Å²) in [4.78, 5) is 0. The summed E-state index contributed by atoms with van der Waals surface area (Å²) in [5.41, 5.74) is 1.05. The van der Waals surface area contributed by atoms with Crippen LogP contribution < -0.4 is 10.1 Å². The second kappa shape index (κ2) is 7.23. The van der Waals surface area contributed by atoms with Gasteiger partial charge in [-0.2, -0.15) is 13.2 Å². The fraction of sp³-hybridized carbons (Fsp3) is 0.500. The third-order valence-corrected chi connectivity index (χ3v) is 2.04. The summed E-state index contributed by atoms with van der Waals surface area (Å²) in [6, 6.07) is 7.35. The topological polar surface area (TPSA) is 30.5 Å². The summed E-state index contributed by atoms with van der Waals surface area (Å²) in [6.45, 7) is -0.521. The van der Waals surface area contributed by atoms with Gasteiger partial charge in [0.05, 0.1) is 6.61 Å². The minimum absolute atomic E-state index is 0.0875. The predicted octanol–water partition coefficient (Wildman–Crippen LogP) is 2.36. The smallest absolute Gasteiger partial charge is 0.411 e. The molecule has 0 aliphatic heterocycles. The summed E-state index contributed by atoms with van der Waals surface area (Å²) in [7, 11) is 1.83. The van der Waals surface area contributed by atoms with Gasteiger partial charge < -0.3 is 14.8 Å². The Hall–Kier alpha value is -1.27. The summed E-state index contributed by atoms with van der Waals surface area (Å²) in [6.07, 6.45) is -4.29. The lowest BCUT2D eigenvalue weighted by Gasteiger charge is -2.09. The van der Waals surface area contributed by atoms with E-state index < -0.39 is 12.8 Å². The molecule has 0 amide bonds. The van der Waals surface area contributed by atoms with Crippen molar-refractivity contribution in [3.63, 3.8) is 0 Å². The molecule has 0 saturated heterocycles. The van der Waals surface area contributed by atoms with E-state index in [-0.39, 0.29) is 13.2 Å². The van der Waals surface area contributed by atoms with E-state index >= 15 is 0 Å². The molecule has 0 heterocycles. The molecular weight excluding hydrogens is 247 g/mol. The molecule has 0 aromatic heterocycles. The molecule has 0 bridgehead atoms. The van der Waals surface area contributed by atoms with Crippen molar-refractivity contribution in [3.8, 4) is 5.75 Å². The summed E-state index contributed by atoms with van der Waals surface area (Å²) in [5, 5.41) is 3.00. The maximum atomic E-state index is 11.8. The van der Waals surface area contributed by atoms with Gasteiger partial charge in [0.1, 0.15) is 19.0 Å². The molecule has 1 aromatic rings. The van der Waals surface area contributed by atoms with Crippen molar-refractivity contribution >= 4 is 0 Å². The predicted molar refractivity (Wildman–Crippen MR) is 61.6 cm³/mol. The van der Waals surface area contributed by atoms with Crippen molar-refractivity contribution < 1.29 is 22.6 Å². The largest absolute Gasteiger partial charge is 0.491 e. The normalized spacial score (nSPS) is 11.6. The monoisotopic (exact) mass is 263 g/mol. The molecule has 3 nitrogen and oxygen atoms in total. The van der Waals surface area contributed by atoms with E-state index in [9.17, 15) is 13.2 Å². The van der Waals surface area contributed by atoms with Gasteiger partial charge in [-0.05, 0) is 24.7 Å². The number of benzene rings is 1. The van der Waals surface area contributed by atoms with Crippen LogP contribution in [0.4, 0.5) is 13.2 Å². The van der Waals surface area contributed by atoms with E-state index in [1.807, 2.05) is 25.2 Å². The number of alkyl halides is 3. The Balaban J connectivity index is 2.24. The second-order valence-electron chi connectivity index (χ2n) is 3.69. The Morgan fingerprint density at radius 3 is 2.67 bits per heavy atom. The average Bonchev–Trinajstić information content (AvgIpc) is 2.28. The quantitative estimate of drug-likeness (QED) is 0.766. The average molecular weight is 263 g/mol. The van der Waals surface area contributed by atoms with Gasteiger partial charge in [0.2, 0.25) is 0 Å². The molecule has 0 radical (unpaired) electrons. The number of rotatable bonds is 7. The molecule has 18 heavy (non-hydrogen) atoms. The van der Waals surface area contributed by atoms with Crippen LogP contribution in [0.2, 0.25) is 0 Å². The van der Waals surface area contributed by atoms with E-state index in [1.165, 1.54) is 0 Å². The molecule has 0 aliphatic rings. The third kappa shape index (κ3) is 6.46. The fourth-order valence-corrected chi connectivity index (χ4v) is 1.36. The number of nitrogens with one attached hydrogen (secondary N) is 1. The van der Waals surface area contributed by atoms with Crippen LogP contribution in [0.1, 0.15) is 5.56 Å². The van der Waals surface area contributed by atoms with E-state index in [1.54, 1.807) is 6.07 Å². The second-order valence-corrected chi connectivity index (χ2v) is 3.69. The first-order chi connectivity index (χ1) is 8.51. The van der Waals surface area contributed by atoms with Crippen LogP contribution in [-0.4, -0.2) is 33.0 Å². The lowest BCUT2D eigenvalue weighted by molar-refractivity contribution is -0.175. The fourth-order valence-electron chi connectivity index (χ4n) is 1.36. The summed E-state index contributed by atoms with van der Waals surface area (Å²) < 4.78 is 45.0. The number of hydrogen-bond acceptors (Lipinski definition) is 3. The van der Waals surface area contributed by atoms with E-state index in [2.05, 4.69) is 10.1 Å². The molecular formula is C12H16F3NO2. The van der Waals surface area contributed by atoms with Gasteiger partial charge in [0.15, 0.2) is 0 Å². The van der Waals surface area contributed by atoms with Crippen molar-refractivity contribution in [2.75, 3.05) is 26.9 Å². The molecule has 6 heteroatoms. The molecule has 1 rings (SSSR count). The Kier molecular flexibility index (Phi) is 5.94. The van der Waals surface area contributed by atoms with E-state index in [0.29, 0.717) is 12.3 Å². The zero-order valence-electron chi connectivity index (χ0n) is 10.1. The van der Waals surface area contributed by atoms with Crippen molar-refractivity contribution in [1.82, 2.24) is 5.32 Å². The van der Waals surface area contributed by atoms with Crippen LogP contribution in [0.25, 0.3) is 0 Å². The minimum Gasteiger partial charge on any atom is -0.491 e. The standard InChI is InChI=1S/C12H16F3NO2/c1-16-8-10-3-2-4-11(7-10)18-6-5-17-9-12(13,14)15/h2-4,7,16H,5-6,8-9H2,1H3. The molecule has 1 aromatic carbocycles. The van der Waals surface area contributed by atoms with Crippen molar-refractivity contribution in [3.05, 3.63) is 29.8 Å². The van der Waals surface area contributed by atoms with Gasteiger partial charge in [0, 0.05) is 6.54 Å². The summed E-state index contributed by atoms with van der Waals surface area (Å²) >= 11 is 0. The van der Waals surface area contributed by atoms with E-state index in [0.717, 1.165) is 5.56 Å². The lowest BCUT2D eigenvalue weighted by Crippen LogP contribution is -2.19. The SMILES string of the molecule is CNCc1cccc(OCCOCC(F)(F)F)c1. The van der Waals surface area contributed by atoms with Gasteiger partial charge in [0.25, 0.3) is 0 Å². The zero-order chi connectivity index (χ0) is 13.4. The van der Waals surface area contributed by atoms with Crippen LogP contribution in [-0.2, 0) is 11.3 Å². The van der Waals surface area contributed by atoms with Gasteiger partial charge in [-0.1, -0.05) is 12.1 Å². The van der Waals surface area contributed by atoms with Gasteiger partial charge in [-0.15, -0.1) is 0 Å². The van der Waals surface area contributed by atoms with Gasteiger partial charge in [-0.3, -0.25) is 0 Å². The molecule has 0 aliphatic carbocycles. The molecule has 102 valence electrons. The number of ether oxygens (including phenoxy) is 2. The van der Waals surface area contributed by atoms with Crippen LogP contribution in [0.15, 0.2) is 24.3 Å². The minimum atomic E-state index is -4.29. The molecule has 0 saturated carbocycles. The number of halogens is 3. The van der Waals surface area contributed by atoms with Crippen LogP contribution in [0, 0.1) is 0 Å². The molecule has 1 N–H and O–H groups in total. The van der Waals surface area contributed by atoms with Gasteiger partial charge in [-0.25, -0.2) is 0 Å². The van der Waals surface area contributed by atoms with Crippen LogP contribution in [0.3, 0.4) is 0 Å². The lowest BCUT2D eigenvalue weighted by atomic mass is 10.2. The highest BCUT2D eigenvalue weighted by molar-refractivity contribution is 5.28. The highest BCUT2D eigenvalue weighted by Crippen LogP contribution is 2.15. The molecule has 0 atom stereocenters. The maximum absolute atomic E-state index is 11.8. The Morgan fingerprint density at radius 1 is 1.22 bits per heavy atom. The molecule has 0 spiro atoms. The molecule has 0 fully saturated rings. The van der Waals surface area contributed by atoms with Gasteiger partial charge >= 0.3 is 6.18 Å². The Labute approximate surface area is 104 Å². The molecule has 0 unspecified atom stereocenters. The Morgan fingerprint density at radius 2 is 2.00 bits per heavy atom. The summed E-state index contributed by atoms with van der Waals surface area (Å²) in [5.74, 6) is 0.623. The van der Waals surface area contributed by atoms with Crippen molar-refractivity contribution in [1.29, 1.82) is 0 Å². The van der Waals surface area contributed by atoms with E-state index in [4.69, 9.17) is 4.74 Å². The zero-order valence-corrected chi connectivity index (χ0v) is 10.1. The Bertz CT molecular complexity index is 355. The maximum Gasteiger partial charge on any atom is 0.411 e. The first kappa shape index (κ1) is 14.8. The first-order valence-corrected chi connectivity index (χ1v) is 5.52. The number of hydrogen-bond donors (Lipinski definition) is 1. The highest BCUT2D eigenvalue weighted by atomic mass is 19.4. The third-order valence-electron chi connectivity index (χ3n) is 2.04.